The third-order valence-electron chi connectivity index (χ3n) is 5.27. The molecular weight excluding hydrogens is 394 g/mol. The lowest BCUT2D eigenvalue weighted by Crippen LogP contribution is -2.38. The van der Waals surface area contributed by atoms with Crippen molar-refractivity contribution in [2.24, 2.45) is 0 Å². The molecule has 0 aliphatic carbocycles. The first-order valence-corrected chi connectivity index (χ1v) is 10.5. The standard InChI is InChI=1S/C24H29N3O4/c1-27(21-9-12-29-13-10-21)11-14-30-23-4-2-3-20(15-23)17-26-24(28)18-31-22-7-5-19(16-25)6-8-22/h2-8,15,21H,9-14,17-18H2,1H3,(H,26,28). The molecule has 0 saturated carbocycles. The highest BCUT2D eigenvalue weighted by Crippen LogP contribution is 2.15. The van der Waals surface area contributed by atoms with Gasteiger partial charge in [0.15, 0.2) is 6.61 Å². The lowest BCUT2D eigenvalue weighted by Gasteiger charge is -2.31. The van der Waals surface area contributed by atoms with E-state index in [1.807, 2.05) is 30.3 Å². The number of nitrogens with zero attached hydrogens (tertiary/aromatic N) is 2. The molecule has 1 aliphatic heterocycles. The van der Waals surface area contributed by atoms with Crippen LogP contribution in [0.1, 0.15) is 24.0 Å². The normalized spacial score (nSPS) is 14.1. The molecule has 7 nitrogen and oxygen atoms in total. The highest BCUT2D eigenvalue weighted by atomic mass is 16.5. The van der Waals surface area contributed by atoms with E-state index in [-0.39, 0.29) is 12.5 Å². The molecule has 7 heteroatoms. The maximum Gasteiger partial charge on any atom is 0.258 e. The number of nitriles is 1. The molecular formula is C24H29N3O4. The SMILES string of the molecule is CN(CCOc1cccc(CNC(=O)COc2ccc(C#N)cc2)c1)C1CCOCC1. The second-order valence-corrected chi connectivity index (χ2v) is 7.52. The fourth-order valence-corrected chi connectivity index (χ4v) is 3.39. The van der Waals surface area contributed by atoms with Crippen LogP contribution in [-0.4, -0.2) is 56.9 Å². The maximum atomic E-state index is 12.1. The van der Waals surface area contributed by atoms with Crippen LogP contribution < -0.4 is 14.8 Å². The molecule has 0 bridgehead atoms. The number of amides is 1. The highest BCUT2D eigenvalue weighted by Gasteiger charge is 2.18. The zero-order valence-corrected chi connectivity index (χ0v) is 17.9. The van der Waals surface area contributed by atoms with Gasteiger partial charge in [-0.2, -0.15) is 5.26 Å². The van der Waals surface area contributed by atoms with Crippen molar-refractivity contribution in [1.82, 2.24) is 10.2 Å². The van der Waals surface area contributed by atoms with Crippen molar-refractivity contribution in [3.05, 3.63) is 59.7 Å². The van der Waals surface area contributed by atoms with E-state index in [1.165, 1.54) is 0 Å². The van der Waals surface area contributed by atoms with Crippen LogP contribution in [0.4, 0.5) is 0 Å². The van der Waals surface area contributed by atoms with E-state index in [0.29, 0.717) is 30.5 Å². The summed E-state index contributed by atoms with van der Waals surface area (Å²) in [5.74, 6) is 1.13. The molecule has 0 atom stereocenters. The Kier molecular flexibility index (Phi) is 8.71. The number of ether oxygens (including phenoxy) is 3. The number of likely N-dealkylation sites (N-methyl/N-ethyl adjacent to an activating group) is 1. The molecule has 1 fully saturated rings. The summed E-state index contributed by atoms with van der Waals surface area (Å²) >= 11 is 0. The Morgan fingerprint density at radius 2 is 1.94 bits per heavy atom. The smallest absolute Gasteiger partial charge is 0.258 e. The van der Waals surface area contributed by atoms with Gasteiger partial charge in [0.2, 0.25) is 0 Å². The minimum absolute atomic E-state index is 0.0827. The molecule has 31 heavy (non-hydrogen) atoms. The summed E-state index contributed by atoms with van der Waals surface area (Å²) in [6.07, 6.45) is 2.14. The summed E-state index contributed by atoms with van der Waals surface area (Å²) in [6, 6.07) is 17.0. The fourth-order valence-electron chi connectivity index (χ4n) is 3.39. The predicted octanol–water partition coefficient (Wildman–Crippen LogP) is 2.74. The Bertz CT molecular complexity index is 873. The summed E-state index contributed by atoms with van der Waals surface area (Å²) in [7, 11) is 2.13. The molecule has 2 aromatic rings. The van der Waals surface area contributed by atoms with Gasteiger partial charge in [-0.1, -0.05) is 12.1 Å². The molecule has 1 N–H and O–H groups in total. The van der Waals surface area contributed by atoms with Crippen molar-refractivity contribution in [2.75, 3.05) is 40.0 Å². The minimum Gasteiger partial charge on any atom is -0.492 e. The topological polar surface area (TPSA) is 83.8 Å². The molecule has 0 unspecified atom stereocenters. The van der Waals surface area contributed by atoms with E-state index >= 15 is 0 Å². The minimum atomic E-state index is -0.214. The predicted molar refractivity (Wildman–Crippen MR) is 117 cm³/mol. The number of benzene rings is 2. The number of nitrogens with one attached hydrogen (secondary N) is 1. The maximum absolute atomic E-state index is 12.1. The number of carbonyl (C=O) groups is 1. The fraction of sp³-hybridized carbons (Fsp3) is 0.417. The average Bonchev–Trinajstić information content (AvgIpc) is 2.82. The average molecular weight is 424 g/mol. The van der Waals surface area contributed by atoms with Crippen LogP contribution >= 0.6 is 0 Å². The second kappa shape index (κ2) is 11.9. The Morgan fingerprint density at radius 1 is 1.16 bits per heavy atom. The van der Waals surface area contributed by atoms with E-state index in [1.54, 1.807) is 24.3 Å². The van der Waals surface area contributed by atoms with Gasteiger partial charge in [-0.15, -0.1) is 0 Å². The number of rotatable bonds is 10. The van der Waals surface area contributed by atoms with Crippen LogP contribution in [0.5, 0.6) is 11.5 Å². The molecule has 0 radical (unpaired) electrons. The monoisotopic (exact) mass is 423 g/mol. The quantitative estimate of drug-likeness (QED) is 0.633. The Morgan fingerprint density at radius 3 is 2.68 bits per heavy atom. The summed E-state index contributed by atoms with van der Waals surface area (Å²) in [5, 5.41) is 11.6. The zero-order chi connectivity index (χ0) is 21.9. The van der Waals surface area contributed by atoms with Gasteiger partial charge >= 0.3 is 0 Å². The van der Waals surface area contributed by atoms with Gasteiger partial charge in [-0.3, -0.25) is 9.69 Å². The molecule has 1 amide bonds. The molecule has 0 aromatic heterocycles. The molecule has 1 saturated heterocycles. The molecule has 1 aliphatic rings. The van der Waals surface area contributed by atoms with E-state index < -0.39 is 0 Å². The number of hydrogen-bond acceptors (Lipinski definition) is 6. The molecule has 2 aromatic carbocycles. The van der Waals surface area contributed by atoms with Gasteiger partial charge in [0.05, 0.1) is 11.6 Å². The van der Waals surface area contributed by atoms with Gasteiger partial charge in [0, 0.05) is 32.3 Å². The third-order valence-corrected chi connectivity index (χ3v) is 5.27. The second-order valence-electron chi connectivity index (χ2n) is 7.52. The summed E-state index contributed by atoms with van der Waals surface area (Å²) in [4.78, 5) is 14.4. The lowest BCUT2D eigenvalue weighted by atomic mass is 10.1. The molecule has 1 heterocycles. The van der Waals surface area contributed by atoms with Crippen molar-refractivity contribution in [1.29, 1.82) is 5.26 Å². The summed E-state index contributed by atoms with van der Waals surface area (Å²) in [6.45, 7) is 3.46. The molecule has 164 valence electrons. The van der Waals surface area contributed by atoms with E-state index in [2.05, 4.69) is 17.3 Å². The van der Waals surface area contributed by atoms with E-state index in [9.17, 15) is 4.79 Å². The zero-order valence-electron chi connectivity index (χ0n) is 17.9. The first-order valence-electron chi connectivity index (χ1n) is 10.5. The summed E-state index contributed by atoms with van der Waals surface area (Å²) < 4.78 is 16.8. The molecule has 3 rings (SSSR count). The van der Waals surface area contributed by atoms with Gasteiger partial charge in [-0.25, -0.2) is 0 Å². The third kappa shape index (κ3) is 7.59. The van der Waals surface area contributed by atoms with Gasteiger partial charge in [0.25, 0.3) is 5.91 Å². The Balaban J connectivity index is 1.37. The van der Waals surface area contributed by atoms with Crippen molar-refractivity contribution in [2.45, 2.75) is 25.4 Å². The van der Waals surface area contributed by atoms with Crippen molar-refractivity contribution >= 4 is 5.91 Å². The lowest BCUT2D eigenvalue weighted by molar-refractivity contribution is -0.123. The highest BCUT2D eigenvalue weighted by molar-refractivity contribution is 5.77. The first-order chi connectivity index (χ1) is 15.1. The van der Waals surface area contributed by atoms with E-state index in [4.69, 9.17) is 19.5 Å². The van der Waals surface area contributed by atoms with Gasteiger partial charge in [-0.05, 0) is 61.9 Å². The summed E-state index contributed by atoms with van der Waals surface area (Å²) in [5.41, 5.74) is 1.51. The van der Waals surface area contributed by atoms with Crippen molar-refractivity contribution < 1.29 is 19.0 Å². The van der Waals surface area contributed by atoms with Crippen molar-refractivity contribution in [3.63, 3.8) is 0 Å². The Labute approximate surface area is 183 Å². The van der Waals surface area contributed by atoms with Gasteiger partial charge in [0.1, 0.15) is 18.1 Å². The largest absolute Gasteiger partial charge is 0.492 e. The van der Waals surface area contributed by atoms with Crippen LogP contribution in [0.3, 0.4) is 0 Å². The first kappa shape index (κ1) is 22.6. The van der Waals surface area contributed by atoms with Crippen LogP contribution in [0.2, 0.25) is 0 Å². The Hall–Kier alpha value is -3.08. The van der Waals surface area contributed by atoms with Crippen LogP contribution in [0.25, 0.3) is 0 Å². The number of hydrogen-bond donors (Lipinski definition) is 1. The van der Waals surface area contributed by atoms with Gasteiger partial charge < -0.3 is 19.5 Å². The molecule has 0 spiro atoms. The van der Waals surface area contributed by atoms with Crippen LogP contribution in [0, 0.1) is 11.3 Å². The van der Waals surface area contributed by atoms with E-state index in [0.717, 1.165) is 43.9 Å². The van der Waals surface area contributed by atoms with Crippen molar-refractivity contribution in [3.8, 4) is 17.6 Å². The van der Waals surface area contributed by atoms with Crippen LogP contribution in [0.15, 0.2) is 48.5 Å². The van der Waals surface area contributed by atoms with Crippen LogP contribution in [-0.2, 0) is 16.1 Å². The number of carbonyl (C=O) groups excluding carboxylic acids is 1.